The molecule has 2 aliphatic carbocycles. The van der Waals surface area contributed by atoms with Gasteiger partial charge in [0.1, 0.15) is 5.82 Å². The van der Waals surface area contributed by atoms with Gasteiger partial charge in [0.15, 0.2) is 0 Å². The molecule has 2 aliphatic heterocycles. The predicted octanol–water partition coefficient (Wildman–Crippen LogP) is 4.01. The molecule has 0 amide bonds. The van der Waals surface area contributed by atoms with Crippen molar-refractivity contribution in [3.63, 3.8) is 0 Å². The van der Waals surface area contributed by atoms with Crippen molar-refractivity contribution < 1.29 is 4.39 Å². The molecular weight excluding hydrogens is 261 g/mol. The third-order valence-electron chi connectivity index (χ3n) is 5.28. The Labute approximate surface area is 120 Å². The average molecular weight is 282 g/mol. The number of hydrogen-bond acceptors (Lipinski definition) is 1. The second-order valence-corrected chi connectivity index (χ2v) is 6.52. The van der Waals surface area contributed by atoms with Gasteiger partial charge >= 0.3 is 0 Å². The van der Waals surface area contributed by atoms with E-state index in [2.05, 4.69) is 11.0 Å². The lowest BCUT2D eigenvalue weighted by molar-refractivity contribution is -0.0637. The molecule has 4 fully saturated rings. The Hall–Kier alpha value is -0.600. The van der Waals surface area contributed by atoms with Crippen molar-refractivity contribution in [2.75, 3.05) is 0 Å². The number of nitrogens with zero attached hydrogens (tertiary/aromatic N) is 1. The zero-order chi connectivity index (χ0) is 12.1. The molecule has 0 unspecified atom stereocenters. The van der Waals surface area contributed by atoms with Crippen molar-refractivity contribution in [2.45, 2.75) is 50.7 Å². The minimum absolute atomic E-state index is 0. The molecular formula is C16H21ClFN. The quantitative estimate of drug-likeness (QED) is 0.792. The molecule has 0 N–H and O–H groups in total. The van der Waals surface area contributed by atoms with E-state index in [4.69, 9.17) is 0 Å². The normalized spacial score (nSPS) is 36.3. The Kier molecular flexibility index (Phi) is 3.57. The lowest BCUT2D eigenvalue weighted by Gasteiger charge is -2.56. The van der Waals surface area contributed by atoms with Crippen LogP contribution in [0.1, 0.15) is 37.7 Å². The zero-order valence-corrected chi connectivity index (χ0v) is 11.9. The molecule has 2 saturated heterocycles. The van der Waals surface area contributed by atoms with Crippen LogP contribution in [-0.2, 0) is 6.54 Å². The largest absolute Gasteiger partial charge is 0.293 e. The average Bonchev–Trinajstić information content (AvgIpc) is 2.33. The van der Waals surface area contributed by atoms with Gasteiger partial charge < -0.3 is 0 Å². The Morgan fingerprint density at radius 1 is 1.00 bits per heavy atom. The molecule has 1 nitrogen and oxygen atoms in total. The van der Waals surface area contributed by atoms with Gasteiger partial charge in [-0.1, -0.05) is 12.1 Å². The molecule has 104 valence electrons. The third kappa shape index (κ3) is 2.41. The van der Waals surface area contributed by atoms with E-state index in [0.717, 1.165) is 36.0 Å². The van der Waals surface area contributed by atoms with Crippen LogP contribution in [0.15, 0.2) is 24.3 Å². The molecule has 0 radical (unpaired) electrons. The van der Waals surface area contributed by atoms with Gasteiger partial charge in [0.25, 0.3) is 0 Å². The summed E-state index contributed by atoms with van der Waals surface area (Å²) >= 11 is 0. The Morgan fingerprint density at radius 3 is 2.21 bits per heavy atom. The minimum Gasteiger partial charge on any atom is -0.293 e. The van der Waals surface area contributed by atoms with E-state index in [1.54, 1.807) is 6.07 Å². The minimum atomic E-state index is -0.0995. The maximum Gasteiger partial charge on any atom is 0.123 e. The van der Waals surface area contributed by atoms with Crippen LogP contribution < -0.4 is 0 Å². The van der Waals surface area contributed by atoms with E-state index >= 15 is 0 Å². The number of benzene rings is 1. The lowest BCUT2D eigenvalue weighted by Crippen LogP contribution is -2.57. The van der Waals surface area contributed by atoms with E-state index in [0.29, 0.717) is 0 Å². The van der Waals surface area contributed by atoms with Crippen LogP contribution in [0.5, 0.6) is 0 Å². The van der Waals surface area contributed by atoms with Crippen molar-refractivity contribution in [3.05, 3.63) is 35.6 Å². The first kappa shape index (κ1) is 13.4. The molecule has 3 heteroatoms. The summed E-state index contributed by atoms with van der Waals surface area (Å²) in [5.74, 6) is 1.89. The molecule has 2 saturated carbocycles. The second-order valence-electron chi connectivity index (χ2n) is 6.52. The van der Waals surface area contributed by atoms with Crippen molar-refractivity contribution >= 4 is 12.4 Å². The Balaban J connectivity index is 0.00000110. The molecule has 19 heavy (non-hydrogen) atoms. The van der Waals surface area contributed by atoms with Crippen LogP contribution in [0.3, 0.4) is 0 Å². The van der Waals surface area contributed by atoms with Crippen LogP contribution in [0.2, 0.25) is 0 Å². The first-order valence-corrected chi connectivity index (χ1v) is 7.28. The van der Waals surface area contributed by atoms with Gasteiger partial charge in [0.2, 0.25) is 0 Å². The van der Waals surface area contributed by atoms with Gasteiger partial charge in [-0.3, -0.25) is 4.90 Å². The first-order valence-electron chi connectivity index (χ1n) is 7.28. The van der Waals surface area contributed by atoms with Crippen LogP contribution in [0.25, 0.3) is 0 Å². The Bertz CT molecular complexity index is 434. The van der Waals surface area contributed by atoms with Crippen molar-refractivity contribution in [2.24, 2.45) is 11.8 Å². The fraction of sp³-hybridized carbons (Fsp3) is 0.625. The number of halogens is 2. The fourth-order valence-corrected chi connectivity index (χ4v) is 4.72. The van der Waals surface area contributed by atoms with Crippen molar-refractivity contribution in [1.29, 1.82) is 0 Å². The summed E-state index contributed by atoms with van der Waals surface area (Å²) < 4.78 is 13.3. The van der Waals surface area contributed by atoms with Crippen LogP contribution in [0, 0.1) is 17.7 Å². The summed E-state index contributed by atoms with van der Waals surface area (Å²) in [6, 6.07) is 8.70. The van der Waals surface area contributed by atoms with E-state index in [9.17, 15) is 4.39 Å². The highest BCUT2D eigenvalue weighted by Crippen LogP contribution is 2.49. The van der Waals surface area contributed by atoms with Gasteiger partial charge in [0, 0.05) is 18.6 Å². The molecule has 0 aromatic heterocycles. The molecule has 4 bridgehead atoms. The van der Waals surface area contributed by atoms with Gasteiger partial charge in [-0.2, -0.15) is 0 Å². The summed E-state index contributed by atoms with van der Waals surface area (Å²) in [6.45, 7) is 0.951. The van der Waals surface area contributed by atoms with Crippen LogP contribution in [-0.4, -0.2) is 17.0 Å². The second kappa shape index (κ2) is 5.06. The molecule has 5 rings (SSSR count). The third-order valence-corrected chi connectivity index (χ3v) is 5.28. The SMILES string of the molecule is Cl.Fc1cccc(CN2C3CC4CC(C3)CC2C4)c1. The molecule has 4 aliphatic rings. The maximum absolute atomic E-state index is 13.3. The smallest absolute Gasteiger partial charge is 0.123 e. The summed E-state index contributed by atoms with van der Waals surface area (Å²) in [6.07, 6.45) is 7.05. The van der Waals surface area contributed by atoms with Gasteiger partial charge in [-0.25, -0.2) is 4.39 Å². The summed E-state index contributed by atoms with van der Waals surface area (Å²) in [4.78, 5) is 2.67. The van der Waals surface area contributed by atoms with Crippen LogP contribution in [0.4, 0.5) is 4.39 Å². The zero-order valence-electron chi connectivity index (χ0n) is 11.1. The number of rotatable bonds is 2. The predicted molar refractivity (Wildman–Crippen MR) is 76.8 cm³/mol. The molecule has 1 aromatic carbocycles. The molecule has 1 aromatic rings. The highest BCUT2D eigenvalue weighted by molar-refractivity contribution is 5.85. The van der Waals surface area contributed by atoms with Crippen molar-refractivity contribution in [3.8, 4) is 0 Å². The van der Waals surface area contributed by atoms with Gasteiger partial charge in [0.05, 0.1) is 0 Å². The number of piperidine rings is 2. The van der Waals surface area contributed by atoms with E-state index in [-0.39, 0.29) is 18.2 Å². The standard InChI is InChI=1S/C16H20FN.ClH/c17-14-3-1-2-11(5-14)10-18-15-6-12-4-13(8-15)9-16(18)7-12;/h1-3,5,12-13,15-16H,4,6-10H2;1H. The lowest BCUT2D eigenvalue weighted by atomic mass is 9.63. The van der Waals surface area contributed by atoms with Crippen molar-refractivity contribution in [1.82, 2.24) is 4.90 Å². The maximum atomic E-state index is 13.3. The fourth-order valence-electron chi connectivity index (χ4n) is 4.72. The van der Waals surface area contributed by atoms with E-state index in [1.165, 1.54) is 38.2 Å². The first-order chi connectivity index (χ1) is 8.78. The monoisotopic (exact) mass is 281 g/mol. The Morgan fingerprint density at radius 2 is 1.63 bits per heavy atom. The summed E-state index contributed by atoms with van der Waals surface area (Å²) in [5.41, 5.74) is 1.14. The summed E-state index contributed by atoms with van der Waals surface area (Å²) in [7, 11) is 0. The van der Waals surface area contributed by atoms with Gasteiger partial charge in [-0.05, 0) is 61.6 Å². The number of hydrogen-bond donors (Lipinski definition) is 0. The summed E-state index contributed by atoms with van der Waals surface area (Å²) in [5, 5.41) is 0. The molecule has 0 atom stereocenters. The molecule has 0 spiro atoms. The topological polar surface area (TPSA) is 3.24 Å². The highest BCUT2D eigenvalue weighted by atomic mass is 35.5. The van der Waals surface area contributed by atoms with Crippen LogP contribution >= 0.6 is 12.4 Å². The van der Waals surface area contributed by atoms with E-state index in [1.807, 2.05) is 6.07 Å². The molecule has 2 heterocycles. The highest BCUT2D eigenvalue weighted by Gasteiger charge is 2.46. The van der Waals surface area contributed by atoms with Gasteiger partial charge in [-0.15, -0.1) is 12.4 Å². The van der Waals surface area contributed by atoms with E-state index < -0.39 is 0 Å².